The Morgan fingerprint density at radius 1 is 0.955 bits per heavy atom. The average Bonchev–Trinajstić information content (AvgIpc) is 2.98. The van der Waals surface area contributed by atoms with Gasteiger partial charge in [0, 0.05) is 29.7 Å². The maximum atomic E-state index is 13.1. The van der Waals surface area contributed by atoms with E-state index in [0.29, 0.717) is 29.7 Å². The zero-order valence-corrected chi connectivity index (χ0v) is 25.8. The Labute approximate surface area is 266 Å². The van der Waals surface area contributed by atoms with Gasteiger partial charge in [0.15, 0.2) is 0 Å². The number of benzene rings is 3. The molecule has 0 unspecified atom stereocenters. The molecular formula is C30H32BrClF3N5O4. The Morgan fingerprint density at radius 2 is 1.66 bits per heavy atom. The highest BCUT2D eigenvalue weighted by Crippen LogP contribution is 2.34. The molecule has 0 spiro atoms. The number of aliphatic hydroxyl groups excluding tert-OH is 2. The summed E-state index contributed by atoms with van der Waals surface area (Å²) in [5, 5.41) is 27.5. The van der Waals surface area contributed by atoms with E-state index in [9.17, 15) is 22.8 Å². The molecule has 0 heterocycles. The maximum Gasteiger partial charge on any atom is 0.417 e. The van der Waals surface area contributed by atoms with Crippen molar-refractivity contribution in [2.45, 2.75) is 19.1 Å². The Kier molecular flexibility index (Phi) is 13.8. The summed E-state index contributed by atoms with van der Waals surface area (Å²) in [5.41, 5.74) is 2.94. The first-order valence-electron chi connectivity index (χ1n) is 13.6. The number of rotatable bonds is 15. The van der Waals surface area contributed by atoms with Crippen LogP contribution in [-0.2, 0) is 12.7 Å². The molecule has 44 heavy (non-hydrogen) atoms. The van der Waals surface area contributed by atoms with Crippen LogP contribution in [0, 0.1) is 0 Å². The fraction of sp³-hybridized carbons (Fsp3) is 0.300. The van der Waals surface area contributed by atoms with Gasteiger partial charge in [0.05, 0.1) is 41.3 Å². The molecular weight excluding hydrogens is 667 g/mol. The van der Waals surface area contributed by atoms with Crippen LogP contribution < -0.4 is 16.1 Å². The molecule has 0 aliphatic rings. The highest BCUT2D eigenvalue weighted by atomic mass is 79.9. The van der Waals surface area contributed by atoms with Gasteiger partial charge in [-0.15, -0.1) is 0 Å². The minimum absolute atomic E-state index is 0.0426. The number of aliphatic hydroxyl groups is 2. The van der Waals surface area contributed by atoms with Crippen LogP contribution in [0.3, 0.4) is 0 Å². The summed E-state index contributed by atoms with van der Waals surface area (Å²) < 4.78 is 39.9. The number of nitrogens with one attached hydrogen (secondary N) is 3. The molecule has 3 aromatic carbocycles. The van der Waals surface area contributed by atoms with Gasteiger partial charge < -0.3 is 20.8 Å². The van der Waals surface area contributed by atoms with E-state index in [1.807, 2.05) is 17.0 Å². The summed E-state index contributed by atoms with van der Waals surface area (Å²) in [5.74, 6) is -1.14. The van der Waals surface area contributed by atoms with Crippen LogP contribution in [0.25, 0.3) is 0 Å². The van der Waals surface area contributed by atoms with Gasteiger partial charge in [0.1, 0.15) is 0 Å². The Morgan fingerprint density at radius 3 is 2.32 bits per heavy atom. The van der Waals surface area contributed by atoms with Crippen molar-refractivity contribution < 1.29 is 33.0 Å². The second kappa shape index (κ2) is 17.2. The van der Waals surface area contributed by atoms with Gasteiger partial charge in [-0.1, -0.05) is 45.7 Å². The van der Waals surface area contributed by atoms with Crippen LogP contribution in [0.4, 0.5) is 18.9 Å². The van der Waals surface area contributed by atoms with Crippen LogP contribution in [0.15, 0.2) is 70.2 Å². The number of alkyl halides is 3. The van der Waals surface area contributed by atoms with Crippen molar-refractivity contribution in [3.05, 3.63) is 98.0 Å². The van der Waals surface area contributed by atoms with E-state index in [1.165, 1.54) is 18.2 Å². The molecule has 3 aromatic rings. The van der Waals surface area contributed by atoms with Crippen LogP contribution in [-0.4, -0.2) is 72.5 Å². The zero-order valence-electron chi connectivity index (χ0n) is 23.5. The van der Waals surface area contributed by atoms with Gasteiger partial charge in [-0.05, 0) is 73.1 Å². The lowest BCUT2D eigenvalue weighted by atomic mass is 10.1. The van der Waals surface area contributed by atoms with Gasteiger partial charge in [-0.25, -0.2) is 5.43 Å². The first-order chi connectivity index (χ1) is 21.0. The van der Waals surface area contributed by atoms with Gasteiger partial charge in [-0.3, -0.25) is 14.5 Å². The fourth-order valence-electron chi connectivity index (χ4n) is 4.13. The minimum Gasteiger partial charge on any atom is -0.395 e. The maximum absolute atomic E-state index is 13.1. The van der Waals surface area contributed by atoms with Crippen molar-refractivity contribution in [1.29, 1.82) is 0 Å². The molecule has 0 fully saturated rings. The molecule has 0 saturated carbocycles. The van der Waals surface area contributed by atoms with Crippen LogP contribution >= 0.6 is 27.5 Å². The molecule has 14 heteroatoms. The monoisotopic (exact) mass is 697 g/mol. The molecule has 9 nitrogen and oxygen atoms in total. The van der Waals surface area contributed by atoms with E-state index in [1.54, 1.807) is 18.2 Å². The van der Waals surface area contributed by atoms with Gasteiger partial charge >= 0.3 is 6.18 Å². The zero-order chi connectivity index (χ0) is 32.1. The summed E-state index contributed by atoms with van der Waals surface area (Å²) >= 11 is 8.93. The van der Waals surface area contributed by atoms with Crippen molar-refractivity contribution in [1.82, 2.24) is 15.6 Å². The topological polar surface area (TPSA) is 126 Å². The summed E-state index contributed by atoms with van der Waals surface area (Å²) in [6.07, 6.45) is -2.75. The van der Waals surface area contributed by atoms with Crippen molar-refractivity contribution in [2.75, 3.05) is 44.7 Å². The number of hydrazone groups is 1. The Hall–Kier alpha value is -3.33. The predicted molar refractivity (Wildman–Crippen MR) is 167 cm³/mol. The summed E-state index contributed by atoms with van der Waals surface area (Å²) in [7, 11) is 0. The molecule has 0 radical (unpaired) electrons. The van der Waals surface area contributed by atoms with Crippen molar-refractivity contribution >= 4 is 51.2 Å². The molecule has 0 aromatic heterocycles. The van der Waals surface area contributed by atoms with E-state index in [0.717, 1.165) is 43.4 Å². The average molecular weight is 699 g/mol. The quantitative estimate of drug-likeness (QED) is 0.0874. The normalized spacial score (nSPS) is 11.7. The second-order valence-corrected chi connectivity index (χ2v) is 10.9. The Balaban J connectivity index is 1.57. The van der Waals surface area contributed by atoms with Crippen LogP contribution in [0.2, 0.25) is 5.02 Å². The van der Waals surface area contributed by atoms with Gasteiger partial charge in [0.25, 0.3) is 11.8 Å². The highest BCUT2D eigenvalue weighted by molar-refractivity contribution is 9.10. The first-order valence-corrected chi connectivity index (χ1v) is 14.7. The minimum atomic E-state index is -4.64. The molecule has 3 rings (SSSR count). The number of halogens is 5. The number of amides is 2. The number of nitrogens with zero attached hydrogens (tertiary/aromatic N) is 2. The summed E-state index contributed by atoms with van der Waals surface area (Å²) in [6.45, 7) is 3.20. The third-order valence-corrected chi connectivity index (χ3v) is 7.18. The van der Waals surface area contributed by atoms with Crippen molar-refractivity contribution in [2.24, 2.45) is 5.10 Å². The Bertz CT molecular complexity index is 1440. The van der Waals surface area contributed by atoms with Gasteiger partial charge in [0.2, 0.25) is 0 Å². The summed E-state index contributed by atoms with van der Waals surface area (Å²) in [6, 6.07) is 14.9. The van der Waals surface area contributed by atoms with Crippen molar-refractivity contribution in [3.63, 3.8) is 0 Å². The van der Waals surface area contributed by atoms with E-state index < -0.39 is 28.6 Å². The lowest BCUT2D eigenvalue weighted by Crippen LogP contribution is -2.32. The van der Waals surface area contributed by atoms with E-state index in [2.05, 4.69) is 37.1 Å². The lowest BCUT2D eigenvalue weighted by Gasteiger charge is -2.19. The first kappa shape index (κ1) is 35.2. The molecule has 236 valence electrons. The third kappa shape index (κ3) is 11.0. The third-order valence-electron chi connectivity index (χ3n) is 6.36. The smallest absolute Gasteiger partial charge is 0.395 e. The molecule has 5 N–H and O–H groups in total. The lowest BCUT2D eigenvalue weighted by molar-refractivity contribution is -0.137. The number of carbonyl (C=O) groups is 2. The molecule has 0 aliphatic carbocycles. The van der Waals surface area contributed by atoms with E-state index in [-0.39, 0.29) is 30.0 Å². The highest BCUT2D eigenvalue weighted by Gasteiger charge is 2.33. The second-order valence-electron chi connectivity index (χ2n) is 9.60. The summed E-state index contributed by atoms with van der Waals surface area (Å²) in [4.78, 5) is 27.8. The van der Waals surface area contributed by atoms with Crippen LogP contribution in [0.1, 0.15) is 43.8 Å². The number of hydrogen-bond acceptors (Lipinski definition) is 7. The molecule has 0 aliphatic heterocycles. The predicted octanol–water partition coefficient (Wildman–Crippen LogP) is 4.90. The molecule has 0 bridgehead atoms. The number of carbonyl (C=O) groups excluding carboxylic acids is 2. The molecule has 0 atom stereocenters. The number of anilines is 1. The molecule has 2 amide bonds. The molecule has 0 saturated heterocycles. The SMILES string of the molecule is O=C(Nc1ccc(Br)cc1C(=O)N/N=C\c1ccc(Cl)c(C(F)(F)F)c1)c1ccc(CNCCCN(CCO)CCO)cc1. The van der Waals surface area contributed by atoms with Gasteiger partial charge in [-0.2, -0.15) is 18.3 Å². The largest absolute Gasteiger partial charge is 0.417 e. The van der Waals surface area contributed by atoms with Crippen molar-refractivity contribution in [3.8, 4) is 0 Å². The van der Waals surface area contributed by atoms with E-state index >= 15 is 0 Å². The van der Waals surface area contributed by atoms with Crippen LogP contribution in [0.5, 0.6) is 0 Å². The fourth-order valence-corrected chi connectivity index (χ4v) is 4.71. The standard InChI is InChI=1S/C30H32BrClF3N5O4/c31-23-7-9-27(24(17-23)29(44)39-37-19-21-4-8-26(32)25(16-21)30(33,34)35)38-28(43)22-5-2-20(3-6-22)18-36-10-1-11-40(12-14-41)13-15-42/h2-9,16-17,19,36,41-42H,1,10-15,18H2,(H,38,43)(H,39,44)/b37-19-. The van der Waals surface area contributed by atoms with E-state index in [4.69, 9.17) is 21.8 Å². The number of hydrogen-bond donors (Lipinski definition) is 5.